The maximum atomic E-state index is 12.0. The van der Waals surface area contributed by atoms with Gasteiger partial charge in [0.05, 0.1) is 6.54 Å². The van der Waals surface area contributed by atoms with E-state index in [4.69, 9.17) is 0 Å². The summed E-state index contributed by atoms with van der Waals surface area (Å²) < 4.78 is 0. The van der Waals surface area contributed by atoms with Gasteiger partial charge in [-0.3, -0.25) is 9.79 Å². The number of aliphatic imine (C=N–C) groups is 1. The molecule has 0 fully saturated rings. The number of hydrogen-bond donors (Lipinski definition) is 4. The third kappa shape index (κ3) is 7.30. The molecule has 146 valence electrons. The maximum Gasteiger partial charge on any atom is 0.251 e. The van der Waals surface area contributed by atoms with E-state index >= 15 is 0 Å². The highest BCUT2D eigenvalue weighted by molar-refractivity contribution is 7.11. The standard InChI is InChI=1S/C20H28N4O2S/c1-4-21-20(24-14(2)13-18-10-5-15(3)27-18)23-12-11-22-19(26)16-6-8-17(25)9-7-16/h5-10,14,25H,4,11-13H2,1-3H3,(H,22,26)(H2,21,23,24). The molecule has 1 unspecified atom stereocenters. The van der Waals surface area contributed by atoms with Gasteiger partial charge in [-0.1, -0.05) is 0 Å². The van der Waals surface area contributed by atoms with Gasteiger partial charge >= 0.3 is 0 Å². The second-order valence-corrected chi connectivity index (χ2v) is 7.70. The van der Waals surface area contributed by atoms with E-state index in [2.05, 4.69) is 46.9 Å². The lowest BCUT2D eigenvalue weighted by molar-refractivity contribution is 0.0955. The molecular formula is C20H28N4O2S. The summed E-state index contributed by atoms with van der Waals surface area (Å²) in [5.74, 6) is 0.714. The van der Waals surface area contributed by atoms with E-state index in [1.54, 1.807) is 12.1 Å². The minimum Gasteiger partial charge on any atom is -0.508 e. The number of guanidine groups is 1. The zero-order valence-electron chi connectivity index (χ0n) is 16.1. The van der Waals surface area contributed by atoms with Gasteiger partial charge in [0, 0.05) is 40.9 Å². The van der Waals surface area contributed by atoms with Crippen molar-refractivity contribution in [3.05, 3.63) is 51.7 Å². The average Bonchev–Trinajstić information content (AvgIpc) is 3.03. The van der Waals surface area contributed by atoms with Crippen LogP contribution in [0.15, 0.2) is 41.4 Å². The summed E-state index contributed by atoms with van der Waals surface area (Å²) >= 11 is 1.82. The van der Waals surface area contributed by atoms with Gasteiger partial charge in [-0.25, -0.2) is 0 Å². The molecule has 0 spiro atoms. The molecule has 0 radical (unpaired) electrons. The molecular weight excluding hydrogens is 360 g/mol. The van der Waals surface area contributed by atoms with Crippen molar-refractivity contribution in [2.45, 2.75) is 33.2 Å². The van der Waals surface area contributed by atoms with E-state index in [0.717, 1.165) is 18.9 Å². The summed E-state index contributed by atoms with van der Waals surface area (Å²) in [5, 5.41) is 18.7. The van der Waals surface area contributed by atoms with Gasteiger partial charge in [-0.05, 0) is 57.2 Å². The highest BCUT2D eigenvalue weighted by Gasteiger charge is 2.08. The molecule has 0 saturated carbocycles. The Morgan fingerprint density at radius 3 is 2.56 bits per heavy atom. The molecule has 0 saturated heterocycles. The molecule has 27 heavy (non-hydrogen) atoms. The van der Waals surface area contributed by atoms with E-state index in [0.29, 0.717) is 18.7 Å². The lowest BCUT2D eigenvalue weighted by Crippen LogP contribution is -2.43. The summed E-state index contributed by atoms with van der Waals surface area (Å²) in [7, 11) is 0. The predicted molar refractivity (Wildman–Crippen MR) is 112 cm³/mol. The van der Waals surface area contributed by atoms with Crippen molar-refractivity contribution in [1.82, 2.24) is 16.0 Å². The zero-order chi connectivity index (χ0) is 19.6. The fourth-order valence-electron chi connectivity index (χ4n) is 2.55. The van der Waals surface area contributed by atoms with E-state index in [9.17, 15) is 9.90 Å². The Bertz CT molecular complexity index is 756. The number of carbonyl (C=O) groups excluding carboxylic acids is 1. The quantitative estimate of drug-likeness (QED) is 0.318. The lowest BCUT2D eigenvalue weighted by Gasteiger charge is -2.17. The Labute approximate surface area is 164 Å². The van der Waals surface area contributed by atoms with Crippen LogP contribution >= 0.6 is 11.3 Å². The van der Waals surface area contributed by atoms with Crippen LogP contribution in [0.5, 0.6) is 5.75 Å². The third-order valence-electron chi connectivity index (χ3n) is 3.83. The number of aromatic hydroxyl groups is 1. The summed E-state index contributed by atoms with van der Waals surface area (Å²) in [4.78, 5) is 19.2. The van der Waals surface area contributed by atoms with Crippen LogP contribution in [0.25, 0.3) is 0 Å². The van der Waals surface area contributed by atoms with Gasteiger partial charge in [-0.15, -0.1) is 11.3 Å². The molecule has 0 aliphatic rings. The summed E-state index contributed by atoms with van der Waals surface area (Å²) in [6, 6.07) is 10.7. The second kappa shape index (κ2) is 10.6. The Morgan fingerprint density at radius 2 is 1.93 bits per heavy atom. The number of carbonyl (C=O) groups is 1. The first-order valence-corrected chi connectivity index (χ1v) is 9.97. The molecule has 2 rings (SSSR count). The van der Waals surface area contributed by atoms with E-state index < -0.39 is 0 Å². The molecule has 4 N–H and O–H groups in total. The summed E-state index contributed by atoms with van der Waals surface area (Å²) in [6.07, 6.45) is 0.945. The highest BCUT2D eigenvalue weighted by Crippen LogP contribution is 2.16. The molecule has 7 heteroatoms. The van der Waals surface area contributed by atoms with Gasteiger partial charge < -0.3 is 21.1 Å². The monoisotopic (exact) mass is 388 g/mol. The molecule has 0 bridgehead atoms. The topological polar surface area (TPSA) is 85.8 Å². The predicted octanol–water partition coefficient (Wildman–Crippen LogP) is 2.68. The molecule has 6 nitrogen and oxygen atoms in total. The SMILES string of the molecule is CCNC(=NCCNC(=O)c1ccc(O)cc1)NC(C)Cc1ccc(C)s1. The van der Waals surface area contributed by atoms with Crippen LogP contribution in [-0.4, -0.2) is 42.6 Å². The van der Waals surface area contributed by atoms with E-state index in [1.807, 2.05) is 18.3 Å². The van der Waals surface area contributed by atoms with Crippen LogP contribution in [0.3, 0.4) is 0 Å². The van der Waals surface area contributed by atoms with Crippen molar-refractivity contribution < 1.29 is 9.90 Å². The first kappa shape index (κ1) is 20.8. The Balaban J connectivity index is 1.79. The van der Waals surface area contributed by atoms with Crippen molar-refractivity contribution in [1.29, 1.82) is 0 Å². The van der Waals surface area contributed by atoms with Crippen LogP contribution in [0.4, 0.5) is 0 Å². The van der Waals surface area contributed by atoms with Crippen LogP contribution in [0.1, 0.15) is 34.0 Å². The number of phenolic OH excluding ortho intramolecular Hbond substituents is 1. The fraction of sp³-hybridized carbons (Fsp3) is 0.400. The van der Waals surface area contributed by atoms with Crippen LogP contribution < -0.4 is 16.0 Å². The Morgan fingerprint density at radius 1 is 1.19 bits per heavy atom. The van der Waals surface area contributed by atoms with Crippen molar-refractivity contribution >= 4 is 23.2 Å². The van der Waals surface area contributed by atoms with Gasteiger partial charge in [0.15, 0.2) is 5.96 Å². The Hall–Kier alpha value is -2.54. The first-order valence-electron chi connectivity index (χ1n) is 9.15. The number of hydrogen-bond acceptors (Lipinski definition) is 4. The van der Waals surface area contributed by atoms with E-state index in [-0.39, 0.29) is 17.7 Å². The number of nitrogens with one attached hydrogen (secondary N) is 3. The van der Waals surface area contributed by atoms with Crippen LogP contribution in [0, 0.1) is 6.92 Å². The molecule has 0 aliphatic carbocycles. The minimum absolute atomic E-state index is 0.143. The van der Waals surface area contributed by atoms with Crippen molar-refractivity contribution in [2.24, 2.45) is 4.99 Å². The van der Waals surface area contributed by atoms with Gasteiger partial charge in [0.1, 0.15) is 5.75 Å². The second-order valence-electron chi connectivity index (χ2n) is 6.33. The lowest BCUT2D eigenvalue weighted by atomic mass is 10.2. The minimum atomic E-state index is -0.176. The van der Waals surface area contributed by atoms with Crippen molar-refractivity contribution in [3.63, 3.8) is 0 Å². The largest absolute Gasteiger partial charge is 0.508 e. The van der Waals surface area contributed by atoms with Crippen LogP contribution in [-0.2, 0) is 6.42 Å². The molecule has 1 aromatic heterocycles. The highest BCUT2D eigenvalue weighted by atomic mass is 32.1. The van der Waals surface area contributed by atoms with Crippen molar-refractivity contribution in [3.8, 4) is 5.75 Å². The molecule has 0 aliphatic heterocycles. The van der Waals surface area contributed by atoms with Gasteiger partial charge in [-0.2, -0.15) is 0 Å². The van der Waals surface area contributed by atoms with Crippen LogP contribution in [0.2, 0.25) is 0 Å². The molecule has 1 amide bonds. The molecule has 1 heterocycles. The number of nitrogens with zero attached hydrogens (tertiary/aromatic N) is 1. The van der Waals surface area contributed by atoms with E-state index in [1.165, 1.54) is 21.9 Å². The number of phenols is 1. The number of amides is 1. The smallest absolute Gasteiger partial charge is 0.251 e. The number of thiophene rings is 1. The van der Waals surface area contributed by atoms with Gasteiger partial charge in [0.2, 0.25) is 0 Å². The third-order valence-corrected chi connectivity index (χ3v) is 4.85. The Kier molecular flexibility index (Phi) is 8.13. The normalized spacial score (nSPS) is 12.5. The molecule has 1 atom stereocenters. The number of rotatable bonds is 8. The molecule has 2 aromatic rings. The first-order chi connectivity index (χ1) is 13.0. The summed E-state index contributed by atoms with van der Waals surface area (Å²) in [5.41, 5.74) is 0.515. The number of aryl methyl sites for hydroxylation is 1. The molecule has 1 aromatic carbocycles. The maximum absolute atomic E-state index is 12.0. The number of benzene rings is 1. The average molecular weight is 389 g/mol. The fourth-order valence-corrected chi connectivity index (χ4v) is 3.57. The zero-order valence-corrected chi connectivity index (χ0v) is 16.9. The van der Waals surface area contributed by atoms with Crippen molar-refractivity contribution in [2.75, 3.05) is 19.6 Å². The van der Waals surface area contributed by atoms with Gasteiger partial charge in [0.25, 0.3) is 5.91 Å². The summed E-state index contributed by atoms with van der Waals surface area (Å²) in [6.45, 7) is 7.96.